The minimum Gasteiger partial charge on any atom is -0.497 e. The van der Waals surface area contributed by atoms with E-state index in [0.717, 1.165) is 48.6 Å². The maximum Gasteiger partial charge on any atom is 0.228 e. The molecule has 2 aromatic carbocycles. The number of nitrogens with one attached hydrogen (secondary N) is 1. The highest BCUT2D eigenvalue weighted by molar-refractivity contribution is 5.92. The van der Waals surface area contributed by atoms with Gasteiger partial charge in [0, 0.05) is 31.6 Å². The van der Waals surface area contributed by atoms with Crippen LogP contribution in [0.2, 0.25) is 0 Å². The van der Waals surface area contributed by atoms with Gasteiger partial charge in [0.1, 0.15) is 5.75 Å². The summed E-state index contributed by atoms with van der Waals surface area (Å²) in [6.07, 6.45) is 2.87. The monoisotopic (exact) mass is 354 g/mol. The number of anilines is 2. The number of hydrogen-bond acceptors (Lipinski definition) is 4. The average molecular weight is 354 g/mol. The highest BCUT2D eigenvalue weighted by Crippen LogP contribution is 2.23. The molecule has 0 aliphatic carbocycles. The molecule has 5 heteroatoms. The fourth-order valence-corrected chi connectivity index (χ4v) is 3.29. The lowest BCUT2D eigenvalue weighted by Crippen LogP contribution is -2.39. The maximum absolute atomic E-state index is 12.3. The number of carbonyl (C=O) groups excluding carboxylic acids is 1. The SMILES string of the molecule is COc1cccc(CC(=O)Nc2ccc(N3CCCC(OC)C3)cc2)c1. The van der Waals surface area contributed by atoms with Gasteiger partial charge >= 0.3 is 0 Å². The molecule has 138 valence electrons. The number of ether oxygens (including phenoxy) is 2. The zero-order valence-corrected chi connectivity index (χ0v) is 15.4. The molecule has 1 aliphatic rings. The van der Waals surface area contributed by atoms with Crippen LogP contribution in [-0.4, -0.2) is 39.3 Å². The third-order valence-corrected chi connectivity index (χ3v) is 4.73. The molecular formula is C21H26N2O3. The van der Waals surface area contributed by atoms with E-state index in [1.165, 1.54) is 0 Å². The molecule has 0 spiro atoms. The van der Waals surface area contributed by atoms with Gasteiger partial charge in [0.05, 0.1) is 19.6 Å². The van der Waals surface area contributed by atoms with Crippen molar-refractivity contribution in [2.75, 3.05) is 37.5 Å². The van der Waals surface area contributed by atoms with Gasteiger partial charge in [-0.3, -0.25) is 4.79 Å². The Hall–Kier alpha value is -2.53. The molecule has 3 rings (SSSR count). The summed E-state index contributed by atoms with van der Waals surface area (Å²) in [5.74, 6) is 0.721. The number of rotatable bonds is 6. The van der Waals surface area contributed by atoms with Crippen LogP contribution in [0.1, 0.15) is 18.4 Å². The van der Waals surface area contributed by atoms with Gasteiger partial charge in [-0.2, -0.15) is 0 Å². The van der Waals surface area contributed by atoms with Crippen molar-refractivity contribution in [3.05, 3.63) is 54.1 Å². The average Bonchev–Trinajstić information content (AvgIpc) is 2.68. The van der Waals surface area contributed by atoms with Gasteiger partial charge in [0.2, 0.25) is 5.91 Å². The molecular weight excluding hydrogens is 328 g/mol. The number of hydrogen-bond donors (Lipinski definition) is 1. The predicted molar refractivity (Wildman–Crippen MR) is 104 cm³/mol. The van der Waals surface area contributed by atoms with E-state index in [1.54, 1.807) is 14.2 Å². The topological polar surface area (TPSA) is 50.8 Å². The number of carbonyl (C=O) groups is 1. The number of methoxy groups -OCH3 is 2. The van der Waals surface area contributed by atoms with Crippen molar-refractivity contribution in [2.45, 2.75) is 25.4 Å². The van der Waals surface area contributed by atoms with Crippen LogP contribution >= 0.6 is 0 Å². The summed E-state index contributed by atoms with van der Waals surface area (Å²) in [6, 6.07) is 15.6. The molecule has 1 N–H and O–H groups in total. The van der Waals surface area contributed by atoms with Crippen LogP contribution in [0.15, 0.2) is 48.5 Å². The van der Waals surface area contributed by atoms with E-state index in [9.17, 15) is 4.79 Å². The summed E-state index contributed by atoms with van der Waals surface area (Å²) in [7, 11) is 3.40. The van der Waals surface area contributed by atoms with Gasteiger partial charge in [-0.05, 0) is 54.8 Å². The fourth-order valence-electron chi connectivity index (χ4n) is 3.29. The van der Waals surface area contributed by atoms with Crippen LogP contribution in [0.3, 0.4) is 0 Å². The van der Waals surface area contributed by atoms with Crippen LogP contribution in [0.4, 0.5) is 11.4 Å². The standard InChI is InChI=1S/C21H26N2O3/c1-25-19-6-3-5-16(13-19)14-21(24)22-17-8-10-18(11-9-17)23-12-4-7-20(15-23)26-2/h3,5-6,8-11,13,20H,4,7,12,14-15H2,1-2H3,(H,22,24). The van der Waals surface area contributed by atoms with E-state index in [4.69, 9.17) is 9.47 Å². The summed E-state index contributed by atoms with van der Waals surface area (Å²) in [4.78, 5) is 14.6. The van der Waals surface area contributed by atoms with Gasteiger partial charge < -0.3 is 19.7 Å². The lowest BCUT2D eigenvalue weighted by atomic mass is 10.1. The Morgan fingerprint density at radius 3 is 2.73 bits per heavy atom. The largest absolute Gasteiger partial charge is 0.497 e. The van der Waals surface area contributed by atoms with Crippen molar-refractivity contribution < 1.29 is 14.3 Å². The third-order valence-electron chi connectivity index (χ3n) is 4.73. The van der Waals surface area contributed by atoms with Crippen LogP contribution in [0, 0.1) is 0 Å². The molecule has 1 fully saturated rings. The van der Waals surface area contributed by atoms with E-state index in [2.05, 4.69) is 22.3 Å². The number of benzene rings is 2. The highest BCUT2D eigenvalue weighted by Gasteiger charge is 2.19. The normalized spacial score (nSPS) is 17.0. The quantitative estimate of drug-likeness (QED) is 0.863. The minimum absolute atomic E-state index is 0.0385. The molecule has 1 aliphatic heterocycles. The van der Waals surface area contributed by atoms with Crippen LogP contribution in [-0.2, 0) is 16.0 Å². The Morgan fingerprint density at radius 2 is 2.00 bits per heavy atom. The fraction of sp³-hybridized carbons (Fsp3) is 0.381. The highest BCUT2D eigenvalue weighted by atomic mass is 16.5. The number of nitrogens with zero attached hydrogens (tertiary/aromatic N) is 1. The lowest BCUT2D eigenvalue weighted by molar-refractivity contribution is -0.115. The van der Waals surface area contributed by atoms with Crippen molar-refractivity contribution >= 4 is 17.3 Å². The molecule has 2 aromatic rings. The Morgan fingerprint density at radius 1 is 1.19 bits per heavy atom. The molecule has 5 nitrogen and oxygen atoms in total. The van der Waals surface area contributed by atoms with Gasteiger partial charge in [-0.1, -0.05) is 12.1 Å². The van der Waals surface area contributed by atoms with E-state index < -0.39 is 0 Å². The van der Waals surface area contributed by atoms with Gasteiger partial charge in [-0.15, -0.1) is 0 Å². The Kier molecular flexibility index (Phi) is 6.12. The Balaban J connectivity index is 1.57. The smallest absolute Gasteiger partial charge is 0.228 e. The molecule has 1 saturated heterocycles. The number of amides is 1. The summed E-state index contributed by atoms with van der Waals surface area (Å²) in [5, 5.41) is 2.96. The first-order chi connectivity index (χ1) is 12.7. The zero-order chi connectivity index (χ0) is 18.4. The van der Waals surface area contributed by atoms with Crippen molar-refractivity contribution in [3.8, 4) is 5.75 Å². The molecule has 1 amide bonds. The second-order valence-electron chi connectivity index (χ2n) is 6.57. The maximum atomic E-state index is 12.3. The summed E-state index contributed by atoms with van der Waals surface area (Å²) in [6.45, 7) is 1.96. The lowest BCUT2D eigenvalue weighted by Gasteiger charge is -2.33. The van der Waals surface area contributed by atoms with E-state index >= 15 is 0 Å². The molecule has 1 unspecified atom stereocenters. The molecule has 0 radical (unpaired) electrons. The van der Waals surface area contributed by atoms with E-state index in [-0.39, 0.29) is 5.91 Å². The second-order valence-corrected chi connectivity index (χ2v) is 6.57. The molecule has 0 saturated carbocycles. The van der Waals surface area contributed by atoms with Gasteiger partial charge in [0.15, 0.2) is 0 Å². The van der Waals surface area contributed by atoms with Crippen molar-refractivity contribution in [2.24, 2.45) is 0 Å². The first-order valence-corrected chi connectivity index (χ1v) is 8.98. The summed E-state index contributed by atoms with van der Waals surface area (Å²) in [5.41, 5.74) is 2.90. The van der Waals surface area contributed by atoms with Crippen molar-refractivity contribution in [3.63, 3.8) is 0 Å². The Bertz CT molecular complexity index is 730. The van der Waals surface area contributed by atoms with Gasteiger partial charge in [-0.25, -0.2) is 0 Å². The van der Waals surface area contributed by atoms with Crippen LogP contribution < -0.4 is 15.0 Å². The van der Waals surface area contributed by atoms with Crippen molar-refractivity contribution in [1.82, 2.24) is 0 Å². The zero-order valence-electron chi connectivity index (χ0n) is 15.4. The predicted octanol–water partition coefficient (Wildman–Crippen LogP) is 3.49. The summed E-state index contributed by atoms with van der Waals surface area (Å²) >= 11 is 0. The second kappa shape index (κ2) is 8.72. The van der Waals surface area contributed by atoms with Gasteiger partial charge in [0.25, 0.3) is 0 Å². The summed E-state index contributed by atoms with van der Waals surface area (Å²) < 4.78 is 10.7. The molecule has 1 heterocycles. The van der Waals surface area contributed by atoms with Crippen LogP contribution in [0.25, 0.3) is 0 Å². The third kappa shape index (κ3) is 4.76. The first-order valence-electron chi connectivity index (χ1n) is 8.98. The number of piperidine rings is 1. The van der Waals surface area contributed by atoms with Crippen molar-refractivity contribution in [1.29, 1.82) is 0 Å². The first kappa shape index (κ1) is 18.3. The Labute approximate surface area is 154 Å². The molecule has 0 aromatic heterocycles. The molecule has 26 heavy (non-hydrogen) atoms. The van der Waals surface area contributed by atoms with Crippen LogP contribution in [0.5, 0.6) is 5.75 Å². The van der Waals surface area contributed by atoms with E-state index in [0.29, 0.717) is 12.5 Å². The van der Waals surface area contributed by atoms with E-state index in [1.807, 2.05) is 36.4 Å². The molecule has 0 bridgehead atoms. The minimum atomic E-state index is -0.0385. The molecule has 1 atom stereocenters.